The highest BCUT2D eigenvalue weighted by Crippen LogP contribution is 2.62. The number of benzene rings is 3. The highest BCUT2D eigenvalue weighted by molar-refractivity contribution is 5.87. The van der Waals surface area contributed by atoms with Crippen molar-refractivity contribution in [2.45, 2.75) is 81.1 Å². The summed E-state index contributed by atoms with van der Waals surface area (Å²) in [5.41, 5.74) is 13.8. The van der Waals surface area contributed by atoms with Gasteiger partial charge >= 0.3 is 0 Å². The van der Waals surface area contributed by atoms with Crippen LogP contribution in [0.3, 0.4) is 0 Å². The van der Waals surface area contributed by atoms with E-state index in [9.17, 15) is 5.11 Å². The molecule has 1 aliphatic heterocycles. The fourth-order valence-electron chi connectivity index (χ4n) is 9.02. The molecule has 186 valence electrons. The van der Waals surface area contributed by atoms with Gasteiger partial charge in [0.25, 0.3) is 0 Å². The van der Waals surface area contributed by atoms with Crippen LogP contribution < -0.4 is 5.32 Å². The van der Waals surface area contributed by atoms with Gasteiger partial charge in [0, 0.05) is 5.56 Å². The number of aromatic amines is 1. The van der Waals surface area contributed by atoms with Gasteiger partial charge < -0.3 is 15.4 Å². The van der Waals surface area contributed by atoms with Gasteiger partial charge in [-0.05, 0) is 139 Å². The van der Waals surface area contributed by atoms with Crippen molar-refractivity contribution in [3.63, 3.8) is 0 Å². The maximum Gasteiger partial charge on any atom is 0.124 e. The Morgan fingerprint density at radius 2 is 1.35 bits per heavy atom. The van der Waals surface area contributed by atoms with E-state index in [2.05, 4.69) is 46.7 Å². The Bertz CT molecular complexity index is 1590. The predicted molar refractivity (Wildman–Crippen MR) is 147 cm³/mol. The van der Waals surface area contributed by atoms with Gasteiger partial charge in [-0.25, -0.2) is 4.98 Å². The Morgan fingerprint density at radius 1 is 0.703 bits per heavy atom. The van der Waals surface area contributed by atoms with E-state index in [-0.39, 0.29) is 0 Å². The molecule has 3 fully saturated rings. The Kier molecular flexibility index (Phi) is 4.22. The largest absolute Gasteiger partial charge is 0.508 e. The summed E-state index contributed by atoms with van der Waals surface area (Å²) in [6.07, 6.45) is 10.1. The van der Waals surface area contributed by atoms with Crippen molar-refractivity contribution in [2.75, 3.05) is 6.54 Å². The summed E-state index contributed by atoms with van der Waals surface area (Å²) in [6, 6.07) is 16.2. The van der Waals surface area contributed by atoms with Crippen LogP contribution >= 0.6 is 0 Å². The number of H-pyrrole nitrogens is 1. The molecule has 0 amide bonds. The highest BCUT2D eigenvalue weighted by Gasteiger charge is 2.43. The molecule has 1 saturated heterocycles. The van der Waals surface area contributed by atoms with E-state index in [0.29, 0.717) is 35.5 Å². The number of rotatable bonds is 3. The predicted octanol–water partition coefficient (Wildman–Crippen LogP) is 7.76. The van der Waals surface area contributed by atoms with Crippen molar-refractivity contribution in [1.82, 2.24) is 15.3 Å². The van der Waals surface area contributed by atoms with E-state index < -0.39 is 0 Å². The lowest BCUT2D eigenvalue weighted by Gasteiger charge is -2.26. The second-order valence-electron chi connectivity index (χ2n) is 12.4. The average Bonchev–Trinajstić information content (AvgIpc) is 3.77. The zero-order valence-corrected chi connectivity index (χ0v) is 21.2. The van der Waals surface area contributed by atoms with E-state index in [0.717, 1.165) is 29.8 Å². The summed E-state index contributed by atoms with van der Waals surface area (Å²) in [5, 5.41) is 14.3. The van der Waals surface area contributed by atoms with Gasteiger partial charge in [0.2, 0.25) is 0 Å². The minimum atomic E-state index is 0.359. The number of hydrogen-bond donors (Lipinski definition) is 3. The molecule has 5 unspecified atom stereocenters. The minimum absolute atomic E-state index is 0.359. The summed E-state index contributed by atoms with van der Waals surface area (Å²) in [7, 11) is 0. The Labute approximate surface area is 217 Å². The fourth-order valence-corrected chi connectivity index (χ4v) is 9.02. The molecule has 2 saturated carbocycles. The van der Waals surface area contributed by atoms with Crippen LogP contribution in [0.5, 0.6) is 5.75 Å². The second-order valence-corrected chi connectivity index (χ2v) is 12.4. The molecule has 4 heteroatoms. The number of phenols is 1. The molecule has 9 rings (SSSR count). The van der Waals surface area contributed by atoms with Crippen LogP contribution in [0, 0.1) is 0 Å². The van der Waals surface area contributed by atoms with Gasteiger partial charge in [-0.15, -0.1) is 0 Å². The molecule has 4 aliphatic carbocycles. The third kappa shape index (κ3) is 2.85. The second kappa shape index (κ2) is 7.48. The topological polar surface area (TPSA) is 60.9 Å². The molecule has 4 nitrogen and oxygen atoms in total. The first-order valence-electron chi connectivity index (χ1n) is 14.5. The van der Waals surface area contributed by atoms with Gasteiger partial charge in [0.05, 0.1) is 17.1 Å². The van der Waals surface area contributed by atoms with Gasteiger partial charge in [0.1, 0.15) is 11.6 Å². The van der Waals surface area contributed by atoms with Gasteiger partial charge in [0.15, 0.2) is 0 Å². The van der Waals surface area contributed by atoms with E-state index in [4.69, 9.17) is 4.98 Å². The molecule has 5 aliphatic rings. The van der Waals surface area contributed by atoms with Crippen LogP contribution in [-0.4, -0.2) is 21.6 Å². The lowest BCUT2D eigenvalue weighted by molar-refractivity contribution is 0.462. The summed E-state index contributed by atoms with van der Waals surface area (Å²) < 4.78 is 0. The molecule has 37 heavy (non-hydrogen) atoms. The Balaban J connectivity index is 1.20. The first kappa shape index (κ1) is 20.9. The molecule has 0 spiro atoms. The number of imidazole rings is 1. The number of aromatic nitrogens is 2. The molecule has 4 bridgehead atoms. The molecular formula is C33H33N3O. The molecule has 0 radical (unpaired) electrons. The van der Waals surface area contributed by atoms with Crippen LogP contribution in [0.1, 0.15) is 109 Å². The SMILES string of the molecule is Oc1ccc(-c2ccc(-c3ccc4nc(C5CCCN5)[nH]c4c3)c3c2C2CCC3C2)c2c1C1CCC2C1. The van der Waals surface area contributed by atoms with E-state index in [1.165, 1.54) is 78.3 Å². The van der Waals surface area contributed by atoms with E-state index in [1.807, 2.05) is 6.07 Å². The molecule has 3 N–H and O–H groups in total. The molecule has 3 aromatic carbocycles. The molecule has 2 heterocycles. The molecule has 4 aromatic rings. The smallest absolute Gasteiger partial charge is 0.124 e. The van der Waals surface area contributed by atoms with E-state index >= 15 is 0 Å². The maximum atomic E-state index is 10.8. The van der Waals surface area contributed by atoms with Crippen molar-refractivity contribution in [3.05, 3.63) is 70.5 Å². The number of aromatic hydroxyl groups is 1. The van der Waals surface area contributed by atoms with Crippen LogP contribution in [0.4, 0.5) is 0 Å². The van der Waals surface area contributed by atoms with Gasteiger partial charge in [-0.2, -0.15) is 0 Å². The standard InChI is InChI=1S/C33H33N3O/c37-28-12-10-24(31-20-5-6-21(15-20)32(28)31)23-9-8-22(29-18-3-4-19(14-18)30(23)29)17-7-11-25-27(16-17)36-33(35-25)26-2-1-13-34-26/h7-12,16,18-21,26,34,37H,1-6,13-15H2,(H,35,36). The van der Waals surface area contributed by atoms with Gasteiger partial charge in [-0.1, -0.05) is 24.3 Å². The summed E-state index contributed by atoms with van der Waals surface area (Å²) >= 11 is 0. The van der Waals surface area contributed by atoms with Crippen LogP contribution in [0.15, 0.2) is 42.5 Å². The van der Waals surface area contributed by atoms with Crippen LogP contribution in [0.2, 0.25) is 0 Å². The molecule has 1 aromatic heterocycles. The first-order valence-corrected chi connectivity index (χ1v) is 14.5. The quantitative estimate of drug-likeness (QED) is 0.277. The molecular weight excluding hydrogens is 454 g/mol. The van der Waals surface area contributed by atoms with Crippen LogP contribution in [0.25, 0.3) is 33.3 Å². The summed E-state index contributed by atoms with van der Waals surface area (Å²) in [4.78, 5) is 8.55. The normalized spacial score (nSPS) is 28.9. The number of phenolic OH excluding ortho intramolecular Hbond substituents is 1. The van der Waals surface area contributed by atoms with Crippen molar-refractivity contribution >= 4 is 11.0 Å². The minimum Gasteiger partial charge on any atom is -0.508 e. The zero-order chi connectivity index (χ0) is 24.2. The average molecular weight is 488 g/mol. The van der Waals surface area contributed by atoms with Crippen molar-refractivity contribution < 1.29 is 5.11 Å². The lowest BCUT2D eigenvalue weighted by atomic mass is 9.78. The lowest BCUT2D eigenvalue weighted by Crippen LogP contribution is -2.13. The number of nitrogens with one attached hydrogen (secondary N) is 2. The number of hydrogen-bond acceptors (Lipinski definition) is 3. The monoisotopic (exact) mass is 487 g/mol. The first-order chi connectivity index (χ1) is 18.2. The molecule has 5 atom stereocenters. The third-order valence-electron chi connectivity index (χ3n) is 10.5. The fraction of sp³-hybridized carbons (Fsp3) is 0.424. The maximum absolute atomic E-state index is 10.8. The zero-order valence-electron chi connectivity index (χ0n) is 21.2. The Morgan fingerprint density at radius 3 is 2.08 bits per heavy atom. The van der Waals surface area contributed by atoms with Crippen molar-refractivity contribution in [3.8, 4) is 28.0 Å². The number of nitrogens with zero attached hydrogens (tertiary/aromatic N) is 1. The van der Waals surface area contributed by atoms with Crippen molar-refractivity contribution in [2.24, 2.45) is 0 Å². The number of fused-ring (bicyclic) bond motifs is 11. The van der Waals surface area contributed by atoms with Crippen molar-refractivity contribution in [1.29, 1.82) is 0 Å². The summed E-state index contributed by atoms with van der Waals surface area (Å²) in [5.74, 6) is 4.15. The van der Waals surface area contributed by atoms with E-state index in [1.54, 1.807) is 11.1 Å². The summed E-state index contributed by atoms with van der Waals surface area (Å²) in [6.45, 7) is 1.08. The Hall–Kier alpha value is -3.11. The van der Waals surface area contributed by atoms with Crippen LogP contribution in [-0.2, 0) is 0 Å². The highest BCUT2D eigenvalue weighted by atomic mass is 16.3. The third-order valence-corrected chi connectivity index (χ3v) is 10.5. The van der Waals surface area contributed by atoms with Gasteiger partial charge in [-0.3, -0.25) is 0 Å².